The molecule has 0 radical (unpaired) electrons. The van der Waals surface area contributed by atoms with E-state index in [4.69, 9.17) is 0 Å². The van der Waals surface area contributed by atoms with Gasteiger partial charge < -0.3 is 5.11 Å². The Morgan fingerprint density at radius 3 is 2.35 bits per heavy atom. The van der Waals surface area contributed by atoms with Crippen molar-refractivity contribution in [2.45, 2.75) is 13.3 Å². The van der Waals surface area contributed by atoms with Gasteiger partial charge in [0.05, 0.1) is 11.4 Å². The first-order chi connectivity index (χ1) is 11.1. The Morgan fingerprint density at radius 1 is 1.13 bits per heavy atom. The first kappa shape index (κ1) is 15.0. The van der Waals surface area contributed by atoms with Crippen LogP contribution in [0.2, 0.25) is 0 Å². The number of carbonyl (C=O) groups is 1. The zero-order valence-corrected chi connectivity index (χ0v) is 12.5. The number of rotatable bonds is 4. The van der Waals surface area contributed by atoms with Gasteiger partial charge in [-0.25, -0.2) is 13.9 Å². The maximum atomic E-state index is 13.1. The number of aryl methyl sites for hydroxylation is 1. The fourth-order valence-electron chi connectivity index (χ4n) is 2.38. The third kappa shape index (κ3) is 2.99. The lowest BCUT2D eigenvalue weighted by atomic mass is 10.1. The van der Waals surface area contributed by atoms with Crippen LogP contribution < -0.4 is 0 Å². The predicted octanol–water partition coefficient (Wildman–Crippen LogP) is 3.94. The number of carboxylic acids is 1. The molecule has 0 saturated heterocycles. The predicted molar refractivity (Wildman–Crippen MR) is 85.3 cm³/mol. The lowest BCUT2D eigenvalue weighted by Crippen LogP contribution is -2.02. The van der Waals surface area contributed by atoms with E-state index in [1.165, 1.54) is 28.4 Å². The molecule has 116 valence electrons. The van der Waals surface area contributed by atoms with Crippen LogP contribution >= 0.6 is 0 Å². The van der Waals surface area contributed by atoms with E-state index in [0.717, 1.165) is 12.0 Å². The lowest BCUT2D eigenvalue weighted by molar-refractivity contribution is 0.0690. The highest BCUT2D eigenvalue weighted by Crippen LogP contribution is 2.25. The van der Waals surface area contributed by atoms with Crippen LogP contribution in [0.15, 0.2) is 54.6 Å². The Hall–Kier alpha value is -2.95. The molecule has 0 aliphatic heterocycles. The van der Waals surface area contributed by atoms with Crippen molar-refractivity contribution in [1.82, 2.24) is 9.78 Å². The van der Waals surface area contributed by atoms with E-state index in [0.29, 0.717) is 11.4 Å². The van der Waals surface area contributed by atoms with Crippen molar-refractivity contribution < 1.29 is 14.3 Å². The van der Waals surface area contributed by atoms with Crippen molar-refractivity contribution >= 4 is 5.97 Å². The molecule has 0 amide bonds. The number of benzene rings is 2. The van der Waals surface area contributed by atoms with Crippen LogP contribution in [0.25, 0.3) is 16.9 Å². The van der Waals surface area contributed by atoms with Gasteiger partial charge in [-0.1, -0.05) is 31.2 Å². The van der Waals surface area contributed by atoms with Gasteiger partial charge in [0.1, 0.15) is 5.82 Å². The second kappa shape index (κ2) is 6.04. The van der Waals surface area contributed by atoms with Crippen molar-refractivity contribution in [3.05, 3.63) is 71.7 Å². The van der Waals surface area contributed by atoms with Gasteiger partial charge in [0.2, 0.25) is 0 Å². The van der Waals surface area contributed by atoms with Crippen molar-refractivity contribution in [2.75, 3.05) is 0 Å². The molecule has 1 aromatic heterocycles. The summed E-state index contributed by atoms with van der Waals surface area (Å²) in [4.78, 5) is 11.2. The molecule has 0 atom stereocenters. The summed E-state index contributed by atoms with van der Waals surface area (Å²) in [5.41, 5.74) is 3.25. The summed E-state index contributed by atoms with van der Waals surface area (Å²) in [6.45, 7) is 2.07. The molecular formula is C18H15FN2O2. The number of aromatic nitrogens is 2. The zero-order valence-electron chi connectivity index (χ0n) is 12.5. The number of carboxylic acid groups (broad SMARTS) is 1. The molecule has 0 fully saturated rings. The standard InChI is InChI=1S/C18H15FN2O2/c1-2-12-3-5-13(6-4-12)17-11-16(18(22)23)20-21(17)15-9-7-14(19)8-10-15/h3-11H,2H2,1H3,(H,22,23). The summed E-state index contributed by atoms with van der Waals surface area (Å²) in [6.07, 6.45) is 0.928. The fraction of sp³-hybridized carbons (Fsp3) is 0.111. The van der Waals surface area contributed by atoms with Crippen LogP contribution in [0, 0.1) is 5.82 Å². The quantitative estimate of drug-likeness (QED) is 0.794. The Balaban J connectivity index is 2.13. The number of hydrogen-bond acceptors (Lipinski definition) is 2. The SMILES string of the molecule is CCc1ccc(-c2cc(C(=O)O)nn2-c2ccc(F)cc2)cc1. The highest BCUT2D eigenvalue weighted by Gasteiger charge is 2.16. The van der Waals surface area contributed by atoms with E-state index in [-0.39, 0.29) is 11.5 Å². The van der Waals surface area contributed by atoms with Gasteiger partial charge in [0.25, 0.3) is 0 Å². The summed E-state index contributed by atoms with van der Waals surface area (Å²) in [6, 6.07) is 15.2. The Labute approximate surface area is 132 Å². The highest BCUT2D eigenvalue weighted by atomic mass is 19.1. The Morgan fingerprint density at radius 2 is 1.78 bits per heavy atom. The van der Waals surface area contributed by atoms with Crippen LogP contribution in [0.5, 0.6) is 0 Å². The molecule has 0 saturated carbocycles. The second-order valence-corrected chi connectivity index (χ2v) is 5.16. The second-order valence-electron chi connectivity index (χ2n) is 5.16. The van der Waals surface area contributed by atoms with E-state index in [2.05, 4.69) is 12.0 Å². The average molecular weight is 310 g/mol. The van der Waals surface area contributed by atoms with Crippen LogP contribution in [-0.4, -0.2) is 20.9 Å². The summed E-state index contributed by atoms with van der Waals surface area (Å²) < 4.78 is 14.6. The Kier molecular flexibility index (Phi) is 3.93. The largest absolute Gasteiger partial charge is 0.476 e. The van der Waals surface area contributed by atoms with Gasteiger partial charge >= 0.3 is 5.97 Å². The monoisotopic (exact) mass is 310 g/mol. The third-order valence-corrected chi connectivity index (χ3v) is 3.66. The van der Waals surface area contributed by atoms with Crippen molar-refractivity contribution in [2.24, 2.45) is 0 Å². The van der Waals surface area contributed by atoms with Gasteiger partial charge in [-0.3, -0.25) is 0 Å². The molecule has 0 bridgehead atoms. The minimum Gasteiger partial charge on any atom is -0.476 e. The molecule has 4 nitrogen and oxygen atoms in total. The van der Waals surface area contributed by atoms with Crippen LogP contribution in [0.4, 0.5) is 4.39 Å². The van der Waals surface area contributed by atoms with E-state index in [1.54, 1.807) is 12.1 Å². The van der Waals surface area contributed by atoms with E-state index < -0.39 is 5.97 Å². The number of halogens is 1. The minimum absolute atomic E-state index is 0.0520. The van der Waals surface area contributed by atoms with Gasteiger partial charge in [-0.2, -0.15) is 5.10 Å². The molecule has 0 aliphatic carbocycles. The van der Waals surface area contributed by atoms with Crippen molar-refractivity contribution in [1.29, 1.82) is 0 Å². The maximum absolute atomic E-state index is 13.1. The average Bonchev–Trinajstić information content (AvgIpc) is 3.01. The van der Waals surface area contributed by atoms with Crippen molar-refractivity contribution in [3.8, 4) is 16.9 Å². The van der Waals surface area contributed by atoms with E-state index in [1.807, 2.05) is 24.3 Å². The van der Waals surface area contributed by atoms with Crippen molar-refractivity contribution in [3.63, 3.8) is 0 Å². The van der Waals surface area contributed by atoms with E-state index in [9.17, 15) is 14.3 Å². The fourth-order valence-corrected chi connectivity index (χ4v) is 2.38. The third-order valence-electron chi connectivity index (χ3n) is 3.66. The maximum Gasteiger partial charge on any atom is 0.356 e. The van der Waals surface area contributed by atoms with Gasteiger partial charge in [0, 0.05) is 5.56 Å². The summed E-state index contributed by atoms with van der Waals surface area (Å²) in [7, 11) is 0. The molecule has 5 heteroatoms. The van der Waals surface area contributed by atoms with Gasteiger partial charge in [0.15, 0.2) is 5.69 Å². The summed E-state index contributed by atoms with van der Waals surface area (Å²) in [5.74, 6) is -1.45. The topological polar surface area (TPSA) is 55.1 Å². The minimum atomic E-state index is -1.10. The zero-order chi connectivity index (χ0) is 16.4. The molecule has 3 rings (SSSR count). The molecule has 1 heterocycles. The van der Waals surface area contributed by atoms with Crippen LogP contribution in [0.3, 0.4) is 0 Å². The van der Waals surface area contributed by atoms with Gasteiger partial charge in [-0.15, -0.1) is 0 Å². The number of hydrogen-bond donors (Lipinski definition) is 1. The molecule has 2 aromatic carbocycles. The van der Waals surface area contributed by atoms with Crippen LogP contribution in [0.1, 0.15) is 23.0 Å². The van der Waals surface area contributed by atoms with Crippen LogP contribution in [-0.2, 0) is 6.42 Å². The first-order valence-corrected chi connectivity index (χ1v) is 7.27. The lowest BCUT2D eigenvalue weighted by Gasteiger charge is -2.08. The number of aromatic carboxylic acids is 1. The van der Waals surface area contributed by atoms with E-state index >= 15 is 0 Å². The first-order valence-electron chi connectivity index (χ1n) is 7.27. The normalized spacial score (nSPS) is 10.7. The number of nitrogens with zero attached hydrogens (tertiary/aromatic N) is 2. The molecule has 0 spiro atoms. The summed E-state index contributed by atoms with van der Waals surface area (Å²) >= 11 is 0. The molecule has 3 aromatic rings. The smallest absolute Gasteiger partial charge is 0.356 e. The molecule has 23 heavy (non-hydrogen) atoms. The molecule has 0 aliphatic rings. The molecule has 0 unspecified atom stereocenters. The molecular weight excluding hydrogens is 295 g/mol. The summed E-state index contributed by atoms with van der Waals surface area (Å²) in [5, 5.41) is 13.3. The molecule has 1 N–H and O–H groups in total. The Bertz CT molecular complexity index is 836. The highest BCUT2D eigenvalue weighted by molar-refractivity contribution is 5.87. The van der Waals surface area contributed by atoms with Gasteiger partial charge in [-0.05, 0) is 42.3 Å².